The standard InChI is InChI=1S/C15H23BrN2/c1-12(14-4-6-15(16)7-5-14)18-10-2-3-13(11-18)8-9-17/h4-7,12-13H,2-3,8-11,17H2,1H3. The molecule has 1 aromatic carbocycles. The van der Waals surface area contributed by atoms with Crippen LogP contribution in [0.15, 0.2) is 28.7 Å². The summed E-state index contributed by atoms with van der Waals surface area (Å²) >= 11 is 3.49. The highest BCUT2D eigenvalue weighted by Gasteiger charge is 2.23. The van der Waals surface area contributed by atoms with Crippen molar-refractivity contribution in [1.82, 2.24) is 4.90 Å². The van der Waals surface area contributed by atoms with Gasteiger partial charge in [0.15, 0.2) is 0 Å². The van der Waals surface area contributed by atoms with Gasteiger partial charge in [0.25, 0.3) is 0 Å². The topological polar surface area (TPSA) is 29.3 Å². The fourth-order valence-corrected chi connectivity index (χ4v) is 3.14. The molecule has 2 unspecified atom stereocenters. The summed E-state index contributed by atoms with van der Waals surface area (Å²) in [5, 5.41) is 0. The fraction of sp³-hybridized carbons (Fsp3) is 0.600. The Balaban J connectivity index is 1.99. The Morgan fingerprint density at radius 3 is 2.78 bits per heavy atom. The average molecular weight is 311 g/mol. The molecule has 2 atom stereocenters. The van der Waals surface area contributed by atoms with E-state index in [0.29, 0.717) is 6.04 Å². The van der Waals surface area contributed by atoms with Crippen molar-refractivity contribution < 1.29 is 0 Å². The van der Waals surface area contributed by atoms with Gasteiger partial charge in [0.05, 0.1) is 0 Å². The zero-order chi connectivity index (χ0) is 13.0. The Bertz CT molecular complexity index is 361. The molecule has 100 valence electrons. The highest BCUT2D eigenvalue weighted by atomic mass is 79.9. The van der Waals surface area contributed by atoms with Crippen LogP contribution in [0.4, 0.5) is 0 Å². The van der Waals surface area contributed by atoms with Crippen molar-refractivity contribution in [3.8, 4) is 0 Å². The first-order valence-corrected chi connectivity index (χ1v) is 7.69. The van der Waals surface area contributed by atoms with Crippen molar-refractivity contribution in [2.24, 2.45) is 11.7 Å². The SMILES string of the molecule is CC(c1ccc(Br)cc1)N1CCCC(CCN)C1. The van der Waals surface area contributed by atoms with Crippen LogP contribution in [0.1, 0.15) is 37.8 Å². The molecular weight excluding hydrogens is 288 g/mol. The Hall–Kier alpha value is -0.380. The maximum atomic E-state index is 5.68. The molecule has 3 heteroatoms. The molecule has 0 spiro atoms. The van der Waals surface area contributed by atoms with Gasteiger partial charge in [0, 0.05) is 17.1 Å². The van der Waals surface area contributed by atoms with Crippen LogP contribution >= 0.6 is 15.9 Å². The molecule has 1 aliphatic rings. The lowest BCUT2D eigenvalue weighted by atomic mass is 9.93. The summed E-state index contributed by atoms with van der Waals surface area (Å²) in [6.45, 7) is 5.56. The minimum atomic E-state index is 0.513. The van der Waals surface area contributed by atoms with Gasteiger partial charge in [-0.05, 0) is 62.9 Å². The van der Waals surface area contributed by atoms with Crippen LogP contribution in [0.25, 0.3) is 0 Å². The summed E-state index contributed by atoms with van der Waals surface area (Å²) in [6.07, 6.45) is 3.83. The van der Waals surface area contributed by atoms with Gasteiger partial charge in [0.1, 0.15) is 0 Å². The number of piperidine rings is 1. The Kier molecular flexibility index (Phi) is 5.22. The van der Waals surface area contributed by atoms with E-state index in [1.807, 2.05) is 0 Å². The van der Waals surface area contributed by atoms with E-state index in [1.165, 1.54) is 37.9 Å². The summed E-state index contributed by atoms with van der Waals surface area (Å²) in [7, 11) is 0. The average Bonchev–Trinajstić information content (AvgIpc) is 2.39. The zero-order valence-corrected chi connectivity index (χ0v) is 12.7. The predicted octanol–water partition coefficient (Wildman–Crippen LogP) is 3.57. The molecule has 2 rings (SSSR count). The largest absolute Gasteiger partial charge is 0.330 e. The molecule has 0 bridgehead atoms. The van der Waals surface area contributed by atoms with Crippen molar-refractivity contribution in [1.29, 1.82) is 0 Å². The Morgan fingerprint density at radius 1 is 1.39 bits per heavy atom. The van der Waals surface area contributed by atoms with Crippen molar-refractivity contribution in [2.75, 3.05) is 19.6 Å². The van der Waals surface area contributed by atoms with Crippen molar-refractivity contribution >= 4 is 15.9 Å². The molecule has 1 aliphatic heterocycles. The molecule has 2 N–H and O–H groups in total. The second-order valence-electron chi connectivity index (χ2n) is 5.31. The Labute approximate surface area is 119 Å². The molecule has 1 fully saturated rings. The third-order valence-electron chi connectivity index (χ3n) is 4.03. The molecule has 18 heavy (non-hydrogen) atoms. The number of nitrogens with zero attached hydrogens (tertiary/aromatic N) is 1. The predicted molar refractivity (Wildman–Crippen MR) is 80.5 cm³/mol. The number of nitrogens with two attached hydrogens (primary N) is 1. The molecule has 0 saturated carbocycles. The van der Waals surface area contributed by atoms with E-state index in [1.54, 1.807) is 0 Å². The highest BCUT2D eigenvalue weighted by molar-refractivity contribution is 9.10. The van der Waals surface area contributed by atoms with E-state index in [0.717, 1.165) is 16.9 Å². The first-order valence-electron chi connectivity index (χ1n) is 6.90. The van der Waals surface area contributed by atoms with Crippen LogP contribution in [-0.4, -0.2) is 24.5 Å². The van der Waals surface area contributed by atoms with E-state index in [-0.39, 0.29) is 0 Å². The van der Waals surface area contributed by atoms with Gasteiger partial charge in [-0.25, -0.2) is 0 Å². The van der Waals surface area contributed by atoms with Gasteiger partial charge in [-0.3, -0.25) is 4.90 Å². The van der Waals surface area contributed by atoms with Crippen LogP contribution in [0.5, 0.6) is 0 Å². The van der Waals surface area contributed by atoms with Gasteiger partial charge >= 0.3 is 0 Å². The Morgan fingerprint density at radius 2 is 2.11 bits per heavy atom. The second kappa shape index (κ2) is 6.69. The van der Waals surface area contributed by atoms with E-state index < -0.39 is 0 Å². The second-order valence-corrected chi connectivity index (χ2v) is 6.22. The van der Waals surface area contributed by atoms with Crippen LogP contribution in [0, 0.1) is 5.92 Å². The molecule has 0 aromatic heterocycles. The number of hydrogen-bond acceptors (Lipinski definition) is 2. The maximum Gasteiger partial charge on any atom is 0.0320 e. The highest BCUT2D eigenvalue weighted by Crippen LogP contribution is 2.28. The van der Waals surface area contributed by atoms with E-state index in [2.05, 4.69) is 52.0 Å². The molecule has 1 heterocycles. The minimum absolute atomic E-state index is 0.513. The fourth-order valence-electron chi connectivity index (χ4n) is 2.87. The third-order valence-corrected chi connectivity index (χ3v) is 4.55. The van der Waals surface area contributed by atoms with Crippen LogP contribution in [0.2, 0.25) is 0 Å². The smallest absolute Gasteiger partial charge is 0.0320 e. The van der Waals surface area contributed by atoms with Crippen molar-refractivity contribution in [3.05, 3.63) is 34.3 Å². The monoisotopic (exact) mass is 310 g/mol. The molecular formula is C15H23BrN2. The van der Waals surface area contributed by atoms with Crippen LogP contribution in [0.3, 0.4) is 0 Å². The summed E-state index contributed by atoms with van der Waals surface area (Å²) in [6, 6.07) is 9.22. The maximum absolute atomic E-state index is 5.68. The molecule has 1 saturated heterocycles. The number of likely N-dealkylation sites (tertiary alicyclic amines) is 1. The molecule has 0 aliphatic carbocycles. The number of hydrogen-bond donors (Lipinski definition) is 1. The van der Waals surface area contributed by atoms with E-state index >= 15 is 0 Å². The molecule has 0 radical (unpaired) electrons. The lowest BCUT2D eigenvalue weighted by Gasteiger charge is -2.37. The third kappa shape index (κ3) is 3.56. The summed E-state index contributed by atoms with van der Waals surface area (Å²) < 4.78 is 1.15. The number of halogens is 1. The van der Waals surface area contributed by atoms with Crippen LogP contribution < -0.4 is 5.73 Å². The summed E-state index contributed by atoms with van der Waals surface area (Å²) in [4.78, 5) is 2.60. The molecule has 0 amide bonds. The van der Waals surface area contributed by atoms with Gasteiger partial charge < -0.3 is 5.73 Å². The lowest BCUT2D eigenvalue weighted by molar-refractivity contribution is 0.128. The quantitative estimate of drug-likeness (QED) is 0.921. The summed E-state index contributed by atoms with van der Waals surface area (Å²) in [5.41, 5.74) is 7.09. The van der Waals surface area contributed by atoms with Crippen LogP contribution in [-0.2, 0) is 0 Å². The first kappa shape index (κ1) is 14.0. The number of rotatable bonds is 4. The first-order chi connectivity index (χ1) is 8.70. The summed E-state index contributed by atoms with van der Waals surface area (Å²) in [5.74, 6) is 0.793. The van der Waals surface area contributed by atoms with E-state index in [4.69, 9.17) is 5.73 Å². The molecule has 2 nitrogen and oxygen atoms in total. The van der Waals surface area contributed by atoms with Gasteiger partial charge in [-0.1, -0.05) is 28.1 Å². The van der Waals surface area contributed by atoms with Gasteiger partial charge in [-0.2, -0.15) is 0 Å². The minimum Gasteiger partial charge on any atom is -0.330 e. The lowest BCUT2D eigenvalue weighted by Crippen LogP contribution is -2.37. The van der Waals surface area contributed by atoms with Gasteiger partial charge in [-0.15, -0.1) is 0 Å². The van der Waals surface area contributed by atoms with Crippen molar-refractivity contribution in [2.45, 2.75) is 32.2 Å². The number of benzene rings is 1. The normalized spacial score (nSPS) is 22.9. The van der Waals surface area contributed by atoms with E-state index in [9.17, 15) is 0 Å². The van der Waals surface area contributed by atoms with Crippen molar-refractivity contribution in [3.63, 3.8) is 0 Å². The molecule has 1 aromatic rings. The van der Waals surface area contributed by atoms with Gasteiger partial charge in [0.2, 0.25) is 0 Å². The zero-order valence-electron chi connectivity index (χ0n) is 11.1.